The third kappa shape index (κ3) is 4.26. The second-order valence-corrected chi connectivity index (χ2v) is 9.15. The zero-order chi connectivity index (χ0) is 22.2. The molecule has 31 heavy (non-hydrogen) atoms. The van der Waals surface area contributed by atoms with E-state index in [-0.39, 0.29) is 11.3 Å². The first-order valence-electron chi connectivity index (χ1n) is 10.6. The minimum Gasteiger partial charge on any atom is -0.435 e. The molecule has 0 unspecified atom stereocenters. The number of hydrogen-bond acceptors (Lipinski definition) is 4. The number of aromatic nitrogens is 1. The molecule has 0 saturated heterocycles. The van der Waals surface area contributed by atoms with Crippen LogP contribution in [0.15, 0.2) is 65.1 Å². The van der Waals surface area contributed by atoms with Crippen molar-refractivity contribution in [2.75, 3.05) is 32.1 Å². The van der Waals surface area contributed by atoms with Crippen LogP contribution in [0.5, 0.6) is 0 Å². The molecular weight excluding hydrogens is 386 g/mol. The minimum atomic E-state index is -0.113. The molecule has 0 fully saturated rings. The molecule has 1 aromatic heterocycles. The molecule has 2 heterocycles. The van der Waals surface area contributed by atoms with Gasteiger partial charge in [-0.3, -0.25) is 4.79 Å². The third-order valence-corrected chi connectivity index (χ3v) is 5.58. The number of carbonyl (C=O) groups excluding carboxylic acids is 1. The summed E-state index contributed by atoms with van der Waals surface area (Å²) >= 11 is 0. The van der Waals surface area contributed by atoms with Crippen molar-refractivity contribution in [1.82, 2.24) is 9.88 Å². The Morgan fingerprint density at radius 2 is 1.52 bits per heavy atom. The molecule has 160 valence electrons. The van der Waals surface area contributed by atoms with Crippen molar-refractivity contribution in [3.05, 3.63) is 71.9 Å². The zero-order valence-electron chi connectivity index (χ0n) is 18.8. The van der Waals surface area contributed by atoms with Gasteiger partial charge in [0.15, 0.2) is 11.5 Å². The van der Waals surface area contributed by atoms with Crippen LogP contribution >= 0.6 is 0 Å². The largest absolute Gasteiger partial charge is 0.435 e. The summed E-state index contributed by atoms with van der Waals surface area (Å²) < 4.78 is 6.20. The predicted molar refractivity (Wildman–Crippen MR) is 125 cm³/mol. The lowest BCUT2D eigenvalue weighted by atomic mass is 9.87. The number of oxazole rings is 1. The van der Waals surface area contributed by atoms with E-state index >= 15 is 0 Å². The lowest BCUT2D eigenvalue weighted by molar-refractivity contribution is 0.0795. The Hall–Kier alpha value is -3.34. The zero-order valence-corrected chi connectivity index (χ0v) is 18.8. The maximum atomic E-state index is 13.2. The molecule has 4 rings (SSSR count). The average molecular weight is 416 g/mol. The summed E-state index contributed by atoms with van der Waals surface area (Å²) in [5, 5.41) is 0. The average Bonchev–Trinajstić information content (AvgIpc) is 3.43. The Kier molecular flexibility index (Phi) is 5.44. The molecule has 0 aliphatic carbocycles. The van der Waals surface area contributed by atoms with Crippen molar-refractivity contribution < 1.29 is 9.21 Å². The molecule has 2 aromatic carbocycles. The molecular formula is C26H29N3O2. The number of benzene rings is 2. The van der Waals surface area contributed by atoms with Crippen molar-refractivity contribution in [2.45, 2.75) is 26.2 Å². The van der Waals surface area contributed by atoms with Crippen LogP contribution in [-0.2, 0) is 5.41 Å². The second-order valence-electron chi connectivity index (χ2n) is 9.15. The summed E-state index contributed by atoms with van der Waals surface area (Å²) in [6, 6.07) is 16.2. The van der Waals surface area contributed by atoms with Gasteiger partial charge in [0, 0.05) is 44.0 Å². The summed E-state index contributed by atoms with van der Waals surface area (Å²) in [6.07, 6.45) is 3.99. The van der Waals surface area contributed by atoms with Gasteiger partial charge in [0.2, 0.25) is 5.89 Å². The SMILES string of the molecule is CN(C)c1ccc(-c2oc(-c3ccc(C(C)(C)C)cc3)nc2C(=O)N2CC=CC2)cc1. The minimum absolute atomic E-state index is 0.0678. The van der Waals surface area contributed by atoms with Crippen LogP contribution in [-0.4, -0.2) is 43.0 Å². The van der Waals surface area contributed by atoms with Gasteiger partial charge in [-0.2, -0.15) is 0 Å². The number of amides is 1. The lowest BCUT2D eigenvalue weighted by Crippen LogP contribution is -2.28. The molecule has 0 bridgehead atoms. The fourth-order valence-electron chi connectivity index (χ4n) is 3.60. The van der Waals surface area contributed by atoms with Gasteiger partial charge in [-0.1, -0.05) is 45.1 Å². The maximum Gasteiger partial charge on any atom is 0.277 e. The summed E-state index contributed by atoms with van der Waals surface area (Å²) in [5.41, 5.74) is 4.44. The molecule has 0 atom stereocenters. The highest BCUT2D eigenvalue weighted by atomic mass is 16.4. The number of carbonyl (C=O) groups is 1. The molecule has 3 aromatic rings. The van der Waals surface area contributed by atoms with Gasteiger partial charge in [-0.25, -0.2) is 4.98 Å². The Balaban J connectivity index is 1.75. The van der Waals surface area contributed by atoms with Crippen LogP contribution in [0, 0.1) is 0 Å². The quantitative estimate of drug-likeness (QED) is 0.537. The monoisotopic (exact) mass is 415 g/mol. The van der Waals surface area contributed by atoms with Crippen LogP contribution in [0.25, 0.3) is 22.8 Å². The number of anilines is 1. The van der Waals surface area contributed by atoms with E-state index in [9.17, 15) is 4.79 Å². The molecule has 1 amide bonds. The van der Waals surface area contributed by atoms with Crippen molar-refractivity contribution in [2.24, 2.45) is 0 Å². The summed E-state index contributed by atoms with van der Waals surface area (Å²) in [7, 11) is 4.00. The summed E-state index contributed by atoms with van der Waals surface area (Å²) in [5.74, 6) is 0.859. The van der Waals surface area contributed by atoms with Crippen molar-refractivity contribution in [3.8, 4) is 22.8 Å². The number of hydrogen-bond donors (Lipinski definition) is 0. The number of rotatable bonds is 4. The Morgan fingerprint density at radius 3 is 2.06 bits per heavy atom. The molecule has 5 nitrogen and oxygen atoms in total. The van der Waals surface area contributed by atoms with E-state index in [1.165, 1.54) is 5.56 Å². The smallest absolute Gasteiger partial charge is 0.277 e. The molecule has 1 aliphatic heterocycles. The van der Waals surface area contributed by atoms with Gasteiger partial charge < -0.3 is 14.2 Å². The first-order valence-corrected chi connectivity index (χ1v) is 10.6. The molecule has 1 aliphatic rings. The van der Waals surface area contributed by atoms with Gasteiger partial charge in [0.25, 0.3) is 5.91 Å². The van der Waals surface area contributed by atoms with Crippen LogP contribution in [0.1, 0.15) is 36.8 Å². The highest BCUT2D eigenvalue weighted by Gasteiger charge is 2.27. The molecule has 0 radical (unpaired) electrons. The van der Waals surface area contributed by atoms with E-state index in [0.717, 1.165) is 16.8 Å². The van der Waals surface area contributed by atoms with E-state index in [4.69, 9.17) is 4.42 Å². The van der Waals surface area contributed by atoms with E-state index in [1.807, 2.05) is 67.5 Å². The summed E-state index contributed by atoms with van der Waals surface area (Å²) in [6.45, 7) is 7.75. The topological polar surface area (TPSA) is 49.6 Å². The van der Waals surface area contributed by atoms with Crippen molar-refractivity contribution in [3.63, 3.8) is 0 Å². The van der Waals surface area contributed by atoms with Gasteiger partial charge in [-0.05, 0) is 47.4 Å². The van der Waals surface area contributed by atoms with Crippen molar-refractivity contribution >= 4 is 11.6 Å². The lowest BCUT2D eigenvalue weighted by Gasteiger charge is -2.18. The van der Waals surface area contributed by atoms with Gasteiger partial charge >= 0.3 is 0 Å². The fourth-order valence-corrected chi connectivity index (χ4v) is 3.60. The molecule has 5 heteroatoms. The molecule has 0 saturated carbocycles. The first-order chi connectivity index (χ1) is 14.7. The Bertz CT molecular complexity index is 1090. The normalized spacial score (nSPS) is 13.6. The van der Waals surface area contributed by atoms with Crippen molar-refractivity contribution in [1.29, 1.82) is 0 Å². The maximum absolute atomic E-state index is 13.2. The number of nitrogens with zero attached hydrogens (tertiary/aromatic N) is 3. The van der Waals surface area contributed by atoms with Crippen LogP contribution in [0.2, 0.25) is 0 Å². The second kappa shape index (κ2) is 8.06. The fraction of sp³-hybridized carbons (Fsp3) is 0.308. The van der Waals surface area contributed by atoms with Crippen LogP contribution in [0.3, 0.4) is 0 Å². The standard InChI is InChI=1S/C26H29N3O2/c1-26(2,3)20-12-8-19(9-13-20)24-27-22(25(30)29-16-6-7-17-29)23(31-24)18-10-14-21(15-11-18)28(4)5/h6-15H,16-17H2,1-5H3. The molecule has 0 N–H and O–H groups in total. The van der Waals surface area contributed by atoms with E-state index in [0.29, 0.717) is 30.4 Å². The van der Waals surface area contributed by atoms with Crippen LogP contribution in [0.4, 0.5) is 5.69 Å². The van der Waals surface area contributed by atoms with Gasteiger partial charge in [-0.15, -0.1) is 0 Å². The first kappa shape index (κ1) is 20.9. The highest BCUT2D eigenvalue weighted by molar-refractivity contribution is 5.98. The third-order valence-electron chi connectivity index (χ3n) is 5.58. The Labute approximate surface area is 184 Å². The van der Waals surface area contributed by atoms with E-state index in [2.05, 4.69) is 37.9 Å². The van der Waals surface area contributed by atoms with E-state index < -0.39 is 0 Å². The summed E-state index contributed by atoms with van der Waals surface area (Å²) in [4.78, 5) is 21.7. The van der Waals surface area contributed by atoms with Crippen LogP contribution < -0.4 is 4.90 Å². The van der Waals surface area contributed by atoms with Gasteiger partial charge in [0.1, 0.15) is 0 Å². The van der Waals surface area contributed by atoms with Gasteiger partial charge in [0.05, 0.1) is 0 Å². The predicted octanol–water partition coefficient (Wildman–Crippen LogP) is 5.38. The highest BCUT2D eigenvalue weighted by Crippen LogP contribution is 2.33. The van der Waals surface area contributed by atoms with E-state index in [1.54, 1.807) is 4.90 Å². The Morgan fingerprint density at radius 1 is 0.935 bits per heavy atom. The molecule has 0 spiro atoms.